The van der Waals surface area contributed by atoms with Crippen LogP contribution < -0.4 is 5.32 Å². The number of carboxylic acid groups (broad SMARTS) is 1. The van der Waals surface area contributed by atoms with Gasteiger partial charge in [0.2, 0.25) is 0 Å². The number of carboxylic acids is 1. The van der Waals surface area contributed by atoms with Crippen molar-refractivity contribution in [2.24, 2.45) is 0 Å². The molecule has 0 unspecified atom stereocenters. The van der Waals surface area contributed by atoms with Gasteiger partial charge in [-0.1, -0.05) is 18.2 Å². The van der Waals surface area contributed by atoms with Crippen molar-refractivity contribution in [3.63, 3.8) is 0 Å². The normalized spacial score (nSPS) is 11.0. The highest BCUT2D eigenvalue weighted by Crippen LogP contribution is 2.17. The lowest BCUT2D eigenvalue weighted by molar-refractivity contribution is 0.0698. The van der Waals surface area contributed by atoms with Crippen molar-refractivity contribution in [1.82, 2.24) is 0 Å². The summed E-state index contributed by atoms with van der Waals surface area (Å²) in [6.45, 7) is 0. The van der Waals surface area contributed by atoms with E-state index in [9.17, 15) is 18.0 Å². The lowest BCUT2D eigenvalue weighted by atomic mass is 10.1. The SMILES string of the molecule is CS(=O)(=O)c1cccc(C(=O)Nc2ccccc2C(=O)O)c1. The maximum absolute atomic E-state index is 12.2. The van der Waals surface area contributed by atoms with Crippen LogP contribution in [0.15, 0.2) is 53.4 Å². The molecular weight excluding hydrogens is 306 g/mol. The molecule has 0 atom stereocenters. The molecule has 114 valence electrons. The lowest BCUT2D eigenvalue weighted by Crippen LogP contribution is -2.15. The molecule has 0 fully saturated rings. The highest BCUT2D eigenvalue weighted by molar-refractivity contribution is 7.90. The van der Waals surface area contributed by atoms with Crippen molar-refractivity contribution >= 4 is 27.4 Å². The van der Waals surface area contributed by atoms with Crippen LogP contribution in [0.4, 0.5) is 5.69 Å². The van der Waals surface area contributed by atoms with Gasteiger partial charge in [-0.3, -0.25) is 4.79 Å². The molecule has 0 heterocycles. The Bertz CT molecular complexity index is 843. The summed E-state index contributed by atoms with van der Waals surface area (Å²) in [6.07, 6.45) is 1.05. The quantitative estimate of drug-likeness (QED) is 0.898. The van der Waals surface area contributed by atoms with Gasteiger partial charge in [-0.25, -0.2) is 13.2 Å². The number of hydrogen-bond donors (Lipinski definition) is 2. The number of para-hydroxylation sites is 1. The summed E-state index contributed by atoms with van der Waals surface area (Å²) < 4.78 is 23.0. The smallest absolute Gasteiger partial charge is 0.337 e. The average molecular weight is 319 g/mol. The van der Waals surface area contributed by atoms with Crippen LogP contribution in [-0.2, 0) is 9.84 Å². The van der Waals surface area contributed by atoms with Gasteiger partial charge in [-0.15, -0.1) is 0 Å². The van der Waals surface area contributed by atoms with Gasteiger partial charge in [-0.05, 0) is 30.3 Å². The molecule has 7 heteroatoms. The van der Waals surface area contributed by atoms with Crippen LogP contribution in [0.5, 0.6) is 0 Å². The molecule has 22 heavy (non-hydrogen) atoms. The van der Waals surface area contributed by atoms with Crippen LogP contribution in [0.3, 0.4) is 0 Å². The lowest BCUT2D eigenvalue weighted by Gasteiger charge is -2.09. The molecule has 2 N–H and O–H groups in total. The first-order chi connectivity index (χ1) is 10.3. The van der Waals surface area contributed by atoms with E-state index in [4.69, 9.17) is 5.11 Å². The monoisotopic (exact) mass is 319 g/mol. The summed E-state index contributed by atoms with van der Waals surface area (Å²) in [4.78, 5) is 23.3. The van der Waals surface area contributed by atoms with E-state index in [-0.39, 0.29) is 21.7 Å². The highest BCUT2D eigenvalue weighted by atomic mass is 32.2. The van der Waals surface area contributed by atoms with Gasteiger partial charge in [0, 0.05) is 11.8 Å². The molecule has 0 aliphatic carbocycles. The van der Waals surface area contributed by atoms with Crippen molar-refractivity contribution < 1.29 is 23.1 Å². The zero-order chi connectivity index (χ0) is 16.3. The number of carbonyl (C=O) groups is 2. The Labute approximate surface area is 127 Å². The summed E-state index contributed by atoms with van der Waals surface area (Å²) in [5, 5.41) is 11.5. The van der Waals surface area contributed by atoms with Gasteiger partial charge >= 0.3 is 5.97 Å². The number of nitrogens with one attached hydrogen (secondary N) is 1. The van der Waals surface area contributed by atoms with Gasteiger partial charge in [-0.2, -0.15) is 0 Å². The molecule has 0 radical (unpaired) electrons. The summed E-state index contributed by atoms with van der Waals surface area (Å²) in [5.41, 5.74) is 0.225. The van der Waals surface area contributed by atoms with Crippen LogP contribution in [0, 0.1) is 0 Å². The van der Waals surface area contributed by atoms with Crippen molar-refractivity contribution in [2.75, 3.05) is 11.6 Å². The molecule has 0 aliphatic rings. The summed E-state index contributed by atoms with van der Waals surface area (Å²) >= 11 is 0. The van der Waals surface area contributed by atoms with Gasteiger partial charge in [0.05, 0.1) is 16.1 Å². The molecule has 0 aromatic heterocycles. The van der Waals surface area contributed by atoms with E-state index in [1.165, 1.54) is 36.4 Å². The maximum atomic E-state index is 12.2. The fourth-order valence-corrected chi connectivity index (χ4v) is 2.51. The van der Waals surface area contributed by atoms with Crippen molar-refractivity contribution in [1.29, 1.82) is 0 Å². The first-order valence-corrected chi connectivity index (χ1v) is 8.12. The third-order valence-electron chi connectivity index (χ3n) is 2.93. The van der Waals surface area contributed by atoms with Gasteiger partial charge in [0.25, 0.3) is 5.91 Å². The van der Waals surface area contributed by atoms with Crippen molar-refractivity contribution in [3.05, 3.63) is 59.7 Å². The van der Waals surface area contributed by atoms with Crippen LogP contribution in [0.2, 0.25) is 0 Å². The molecule has 0 aliphatic heterocycles. The second-order valence-corrected chi connectivity index (χ2v) is 6.62. The Hall–Kier alpha value is -2.67. The molecule has 2 aromatic rings. The van der Waals surface area contributed by atoms with E-state index in [2.05, 4.69) is 5.32 Å². The zero-order valence-electron chi connectivity index (χ0n) is 11.6. The van der Waals surface area contributed by atoms with E-state index in [0.29, 0.717) is 0 Å². The fraction of sp³-hybridized carbons (Fsp3) is 0.0667. The summed E-state index contributed by atoms with van der Waals surface area (Å²) in [7, 11) is -3.43. The second-order valence-electron chi connectivity index (χ2n) is 4.60. The number of aromatic carboxylic acids is 1. The van der Waals surface area contributed by atoms with Crippen molar-refractivity contribution in [3.8, 4) is 0 Å². The predicted molar refractivity (Wildman–Crippen MR) is 80.9 cm³/mol. The van der Waals surface area contributed by atoms with Crippen LogP contribution in [0.25, 0.3) is 0 Å². The van der Waals surface area contributed by atoms with E-state index in [1.54, 1.807) is 12.1 Å². The van der Waals surface area contributed by atoms with Gasteiger partial charge < -0.3 is 10.4 Å². The highest BCUT2D eigenvalue weighted by Gasteiger charge is 2.15. The van der Waals surface area contributed by atoms with E-state index in [0.717, 1.165) is 6.26 Å². The average Bonchev–Trinajstić information content (AvgIpc) is 2.47. The van der Waals surface area contributed by atoms with Crippen LogP contribution >= 0.6 is 0 Å². The number of sulfone groups is 1. The summed E-state index contributed by atoms with van der Waals surface area (Å²) in [6, 6.07) is 11.5. The van der Waals surface area contributed by atoms with Gasteiger partial charge in [0.15, 0.2) is 9.84 Å². The first kappa shape index (κ1) is 15.7. The Balaban J connectivity index is 2.33. The largest absolute Gasteiger partial charge is 0.478 e. The molecule has 1 amide bonds. The number of benzene rings is 2. The third kappa shape index (κ3) is 3.50. The van der Waals surface area contributed by atoms with E-state index in [1.807, 2.05) is 0 Å². The van der Waals surface area contributed by atoms with E-state index < -0.39 is 21.7 Å². The standard InChI is InChI=1S/C15H13NO5S/c1-22(20,21)11-6-4-5-10(9-11)14(17)16-13-8-3-2-7-12(13)15(18)19/h2-9H,1H3,(H,16,17)(H,18,19). The molecule has 0 spiro atoms. The number of carbonyl (C=O) groups excluding carboxylic acids is 1. The molecule has 0 bridgehead atoms. The minimum Gasteiger partial charge on any atom is -0.478 e. The summed E-state index contributed by atoms with van der Waals surface area (Å²) in [5.74, 6) is -1.75. The van der Waals surface area contributed by atoms with Crippen LogP contribution in [0.1, 0.15) is 20.7 Å². The van der Waals surface area contributed by atoms with E-state index >= 15 is 0 Å². The molecule has 0 saturated heterocycles. The molecule has 2 aromatic carbocycles. The Morgan fingerprint density at radius 2 is 1.73 bits per heavy atom. The Kier molecular flexibility index (Phi) is 4.27. The minimum atomic E-state index is -3.43. The number of hydrogen-bond acceptors (Lipinski definition) is 4. The Morgan fingerprint density at radius 3 is 2.36 bits per heavy atom. The molecule has 0 saturated carbocycles. The third-order valence-corrected chi connectivity index (χ3v) is 4.04. The fourth-order valence-electron chi connectivity index (χ4n) is 1.84. The van der Waals surface area contributed by atoms with Gasteiger partial charge in [0.1, 0.15) is 0 Å². The minimum absolute atomic E-state index is 0.0201. The molecule has 6 nitrogen and oxygen atoms in total. The topological polar surface area (TPSA) is 101 Å². The zero-order valence-corrected chi connectivity index (χ0v) is 12.4. The van der Waals surface area contributed by atoms with Crippen LogP contribution in [-0.4, -0.2) is 31.7 Å². The predicted octanol–water partition coefficient (Wildman–Crippen LogP) is 2.04. The maximum Gasteiger partial charge on any atom is 0.337 e. The first-order valence-electron chi connectivity index (χ1n) is 6.23. The molecule has 2 rings (SSSR count). The van der Waals surface area contributed by atoms with Crippen molar-refractivity contribution in [2.45, 2.75) is 4.90 Å². The number of anilines is 1. The number of amides is 1. The Morgan fingerprint density at radius 1 is 1.05 bits per heavy atom. The second kappa shape index (κ2) is 5.98. The molecular formula is C15H13NO5S. The number of rotatable bonds is 4.